The van der Waals surface area contributed by atoms with Gasteiger partial charge in [-0.1, -0.05) is 11.8 Å². The van der Waals surface area contributed by atoms with Crippen LogP contribution in [0.1, 0.15) is 0 Å². The summed E-state index contributed by atoms with van der Waals surface area (Å²) in [7, 11) is 0. The van der Waals surface area contributed by atoms with Crippen LogP contribution in [0.25, 0.3) is 11.7 Å². The van der Waals surface area contributed by atoms with Crippen molar-refractivity contribution < 1.29 is 18.6 Å². The number of amides is 1. The molecule has 0 aliphatic carbocycles. The van der Waals surface area contributed by atoms with Gasteiger partial charge in [0.05, 0.1) is 11.8 Å². The SMILES string of the molecule is NC(=O)CSc1nnc(-c2ccc([N+](=O)[O-])o2)o1. The summed E-state index contributed by atoms with van der Waals surface area (Å²) >= 11 is 0.967. The summed E-state index contributed by atoms with van der Waals surface area (Å²) in [6, 6.07) is 2.52. The van der Waals surface area contributed by atoms with E-state index in [1.807, 2.05) is 0 Å². The summed E-state index contributed by atoms with van der Waals surface area (Å²) in [5.74, 6) is -0.863. The number of hydrogen-bond acceptors (Lipinski definition) is 8. The Bertz CT molecular complexity index is 592. The third kappa shape index (κ3) is 2.66. The molecule has 18 heavy (non-hydrogen) atoms. The average Bonchev–Trinajstić information content (AvgIpc) is 2.95. The number of rotatable bonds is 5. The van der Waals surface area contributed by atoms with Crippen LogP contribution in [-0.4, -0.2) is 26.8 Å². The van der Waals surface area contributed by atoms with Gasteiger partial charge in [-0.3, -0.25) is 14.9 Å². The third-order valence-electron chi connectivity index (χ3n) is 1.73. The molecule has 0 aromatic carbocycles. The van der Waals surface area contributed by atoms with Crippen LogP contribution in [0.4, 0.5) is 5.88 Å². The summed E-state index contributed by atoms with van der Waals surface area (Å²) in [5, 5.41) is 17.8. The van der Waals surface area contributed by atoms with E-state index in [4.69, 9.17) is 14.6 Å². The topological polar surface area (TPSA) is 138 Å². The number of thioether (sulfide) groups is 1. The minimum Gasteiger partial charge on any atom is -0.408 e. The molecule has 94 valence electrons. The summed E-state index contributed by atoms with van der Waals surface area (Å²) < 4.78 is 10.0. The molecule has 0 fully saturated rings. The first-order chi connectivity index (χ1) is 8.56. The van der Waals surface area contributed by atoms with E-state index < -0.39 is 16.7 Å². The molecule has 0 saturated heterocycles. The van der Waals surface area contributed by atoms with Crippen LogP contribution >= 0.6 is 11.8 Å². The van der Waals surface area contributed by atoms with Crippen molar-refractivity contribution >= 4 is 23.6 Å². The molecule has 0 atom stereocenters. The number of primary amides is 1. The molecule has 2 aromatic rings. The molecule has 1 amide bonds. The number of aromatic nitrogens is 2. The minimum absolute atomic E-state index is 0.0000636. The van der Waals surface area contributed by atoms with E-state index in [0.717, 1.165) is 11.8 Å². The molecule has 2 rings (SSSR count). The predicted octanol–water partition coefficient (Wildman–Crippen LogP) is 0.815. The van der Waals surface area contributed by atoms with Crippen molar-refractivity contribution in [1.82, 2.24) is 10.2 Å². The molecule has 2 aromatic heterocycles. The van der Waals surface area contributed by atoms with Crippen LogP contribution in [-0.2, 0) is 4.79 Å². The second kappa shape index (κ2) is 4.87. The van der Waals surface area contributed by atoms with Crippen molar-refractivity contribution in [3.63, 3.8) is 0 Å². The van der Waals surface area contributed by atoms with Gasteiger partial charge in [-0.25, -0.2) is 0 Å². The van der Waals surface area contributed by atoms with Crippen LogP contribution in [0.5, 0.6) is 0 Å². The molecule has 2 heterocycles. The van der Waals surface area contributed by atoms with Crippen LogP contribution in [0.3, 0.4) is 0 Å². The Morgan fingerprint density at radius 3 is 2.83 bits per heavy atom. The molecule has 9 nitrogen and oxygen atoms in total. The van der Waals surface area contributed by atoms with Gasteiger partial charge < -0.3 is 14.6 Å². The lowest BCUT2D eigenvalue weighted by Crippen LogP contribution is -2.12. The number of nitrogens with two attached hydrogens (primary N) is 1. The molecule has 0 saturated carbocycles. The first-order valence-electron chi connectivity index (χ1n) is 4.55. The highest BCUT2D eigenvalue weighted by molar-refractivity contribution is 7.99. The van der Waals surface area contributed by atoms with Gasteiger partial charge in [-0.15, -0.1) is 10.2 Å². The number of carbonyl (C=O) groups excluding carboxylic acids is 1. The normalized spacial score (nSPS) is 10.4. The quantitative estimate of drug-likeness (QED) is 0.478. The zero-order valence-electron chi connectivity index (χ0n) is 8.73. The Labute approximate surface area is 103 Å². The lowest BCUT2D eigenvalue weighted by molar-refractivity contribution is -0.401. The maximum absolute atomic E-state index is 10.5. The van der Waals surface area contributed by atoms with E-state index in [1.165, 1.54) is 12.1 Å². The second-order valence-electron chi connectivity index (χ2n) is 3.02. The zero-order valence-corrected chi connectivity index (χ0v) is 9.55. The molecule has 0 spiro atoms. The van der Waals surface area contributed by atoms with E-state index in [2.05, 4.69) is 10.2 Å². The van der Waals surface area contributed by atoms with Gasteiger partial charge in [-0.2, -0.15) is 0 Å². The molecule has 2 N–H and O–H groups in total. The number of furan rings is 1. The third-order valence-corrected chi connectivity index (χ3v) is 2.57. The van der Waals surface area contributed by atoms with Crippen molar-refractivity contribution in [3.8, 4) is 11.7 Å². The lowest BCUT2D eigenvalue weighted by atomic mass is 10.4. The van der Waals surface area contributed by atoms with Gasteiger partial charge in [0.1, 0.15) is 4.92 Å². The first kappa shape index (κ1) is 12.1. The molecule has 0 aliphatic heterocycles. The van der Waals surface area contributed by atoms with Crippen molar-refractivity contribution in [2.45, 2.75) is 5.22 Å². The maximum atomic E-state index is 10.5. The molecule has 0 unspecified atom stereocenters. The highest BCUT2D eigenvalue weighted by Crippen LogP contribution is 2.27. The summed E-state index contributed by atoms with van der Waals surface area (Å²) in [6.45, 7) is 0. The van der Waals surface area contributed by atoms with Crippen molar-refractivity contribution in [2.24, 2.45) is 5.73 Å². The Morgan fingerprint density at radius 1 is 1.44 bits per heavy atom. The van der Waals surface area contributed by atoms with Crippen molar-refractivity contribution in [3.05, 3.63) is 22.2 Å². The minimum atomic E-state index is -0.678. The van der Waals surface area contributed by atoms with E-state index >= 15 is 0 Å². The number of nitrogens with zero attached hydrogens (tertiary/aromatic N) is 3. The van der Waals surface area contributed by atoms with Gasteiger partial charge in [0.2, 0.25) is 5.91 Å². The Hall–Kier alpha value is -2.36. The molecular formula is C8H6N4O5S. The van der Waals surface area contributed by atoms with E-state index in [-0.39, 0.29) is 22.6 Å². The van der Waals surface area contributed by atoms with Gasteiger partial charge >= 0.3 is 5.88 Å². The molecule has 0 bridgehead atoms. The van der Waals surface area contributed by atoms with E-state index in [0.29, 0.717) is 0 Å². The largest absolute Gasteiger partial charge is 0.433 e. The van der Waals surface area contributed by atoms with Gasteiger partial charge in [0, 0.05) is 0 Å². The van der Waals surface area contributed by atoms with Crippen LogP contribution in [0, 0.1) is 10.1 Å². The maximum Gasteiger partial charge on any atom is 0.433 e. The second-order valence-corrected chi connectivity index (χ2v) is 3.95. The molecule has 10 heteroatoms. The van der Waals surface area contributed by atoms with E-state index in [9.17, 15) is 14.9 Å². The standard InChI is InChI=1S/C8H6N4O5S/c9-5(13)3-18-8-11-10-7(17-8)4-1-2-6(16-4)12(14)15/h1-2H,3H2,(H2,9,13). The highest BCUT2D eigenvalue weighted by Gasteiger charge is 2.18. The number of hydrogen-bond donors (Lipinski definition) is 1. The predicted molar refractivity (Wildman–Crippen MR) is 58.6 cm³/mol. The Morgan fingerprint density at radius 2 is 2.22 bits per heavy atom. The smallest absolute Gasteiger partial charge is 0.408 e. The molecule has 0 aliphatic rings. The first-order valence-corrected chi connectivity index (χ1v) is 5.54. The summed E-state index contributed by atoms with van der Waals surface area (Å²) in [4.78, 5) is 20.3. The molecular weight excluding hydrogens is 264 g/mol. The lowest BCUT2D eigenvalue weighted by Gasteiger charge is -1.89. The molecule has 0 radical (unpaired) electrons. The number of carbonyl (C=O) groups is 1. The number of nitro groups is 1. The fraction of sp³-hybridized carbons (Fsp3) is 0.125. The Balaban J connectivity index is 2.13. The highest BCUT2D eigenvalue weighted by atomic mass is 32.2. The van der Waals surface area contributed by atoms with Crippen LogP contribution < -0.4 is 5.73 Å². The Kier molecular flexibility index (Phi) is 3.28. The monoisotopic (exact) mass is 270 g/mol. The van der Waals surface area contributed by atoms with Crippen molar-refractivity contribution in [1.29, 1.82) is 0 Å². The fourth-order valence-electron chi connectivity index (χ4n) is 1.04. The zero-order chi connectivity index (χ0) is 13.1. The van der Waals surface area contributed by atoms with Crippen LogP contribution in [0.15, 0.2) is 26.2 Å². The van der Waals surface area contributed by atoms with Gasteiger partial charge in [0.25, 0.3) is 11.1 Å². The van der Waals surface area contributed by atoms with Crippen LogP contribution in [0.2, 0.25) is 0 Å². The van der Waals surface area contributed by atoms with Crippen molar-refractivity contribution in [2.75, 3.05) is 5.75 Å². The summed E-state index contributed by atoms with van der Waals surface area (Å²) in [5.41, 5.74) is 4.95. The fourth-order valence-corrected chi connectivity index (χ4v) is 1.54. The summed E-state index contributed by atoms with van der Waals surface area (Å²) in [6.07, 6.45) is 0. The van der Waals surface area contributed by atoms with Gasteiger partial charge in [0.15, 0.2) is 5.76 Å². The average molecular weight is 270 g/mol. The van der Waals surface area contributed by atoms with Gasteiger partial charge in [-0.05, 0) is 6.07 Å². The van der Waals surface area contributed by atoms with E-state index in [1.54, 1.807) is 0 Å².